The van der Waals surface area contributed by atoms with Crippen LogP contribution in [-0.4, -0.2) is 0 Å². The molecule has 0 aliphatic heterocycles. The van der Waals surface area contributed by atoms with Crippen molar-refractivity contribution in [2.75, 3.05) is 0 Å². The van der Waals surface area contributed by atoms with E-state index in [0.29, 0.717) is 12.8 Å². The van der Waals surface area contributed by atoms with E-state index < -0.39 is 0 Å². The second kappa shape index (κ2) is 11.5. The summed E-state index contributed by atoms with van der Waals surface area (Å²) >= 11 is 0. The van der Waals surface area contributed by atoms with Crippen molar-refractivity contribution in [3.05, 3.63) is 0 Å². The average Bonchev–Trinajstić information content (AvgIpc) is 2.31. The van der Waals surface area contributed by atoms with Crippen molar-refractivity contribution in [3.8, 4) is 18.2 Å². The molecule has 0 spiro atoms. The van der Waals surface area contributed by atoms with Crippen LogP contribution in [0.2, 0.25) is 0 Å². The maximum absolute atomic E-state index is 8.73. The van der Waals surface area contributed by atoms with E-state index in [1.807, 2.05) is 6.07 Å². The predicted octanol–water partition coefficient (Wildman–Crippen LogP) is 3.68. The summed E-state index contributed by atoms with van der Waals surface area (Å²) in [5, 5.41) is 25.5. The molecule has 3 nitrogen and oxygen atoms in total. The maximum Gasteiger partial charge on any atom is 0.0666 e. The van der Waals surface area contributed by atoms with E-state index >= 15 is 0 Å². The monoisotopic (exact) mass is 217 g/mol. The topological polar surface area (TPSA) is 71.4 Å². The van der Waals surface area contributed by atoms with Gasteiger partial charge in [-0.2, -0.15) is 15.8 Å². The Bertz CT molecular complexity index is 277. The molecule has 3 heteroatoms. The van der Waals surface area contributed by atoms with E-state index in [4.69, 9.17) is 15.8 Å². The van der Waals surface area contributed by atoms with E-state index in [1.165, 1.54) is 12.8 Å². The summed E-state index contributed by atoms with van der Waals surface area (Å²) in [5.41, 5.74) is 0. The smallest absolute Gasteiger partial charge is 0.0666 e. The van der Waals surface area contributed by atoms with Gasteiger partial charge in [0.2, 0.25) is 0 Å². The molecular weight excluding hydrogens is 198 g/mol. The fourth-order valence-corrected chi connectivity index (χ4v) is 1.62. The molecule has 0 bridgehead atoms. The Kier molecular flexibility index (Phi) is 10.4. The Morgan fingerprint density at radius 3 is 1.94 bits per heavy atom. The van der Waals surface area contributed by atoms with Crippen molar-refractivity contribution < 1.29 is 0 Å². The molecule has 0 amide bonds. The second-order valence-corrected chi connectivity index (χ2v) is 4.01. The van der Waals surface area contributed by atoms with Gasteiger partial charge in [0.15, 0.2) is 0 Å². The summed E-state index contributed by atoms with van der Waals surface area (Å²) in [4.78, 5) is 0. The number of hydrogen-bond acceptors (Lipinski definition) is 3. The lowest BCUT2D eigenvalue weighted by Gasteiger charge is -2.03. The molecule has 0 aliphatic carbocycles. The molecule has 16 heavy (non-hydrogen) atoms. The van der Waals surface area contributed by atoms with Crippen molar-refractivity contribution in [1.29, 1.82) is 15.8 Å². The zero-order chi connectivity index (χ0) is 12.1. The third-order valence-electron chi connectivity index (χ3n) is 2.61. The minimum Gasteiger partial charge on any atom is -0.198 e. The van der Waals surface area contributed by atoms with E-state index in [-0.39, 0.29) is 5.92 Å². The van der Waals surface area contributed by atoms with Gasteiger partial charge in [0.05, 0.1) is 30.5 Å². The molecule has 0 N–H and O–H groups in total. The number of hydrogen-bond donors (Lipinski definition) is 0. The van der Waals surface area contributed by atoms with Crippen LogP contribution in [0.5, 0.6) is 0 Å². The normalized spacial score (nSPS) is 11.1. The van der Waals surface area contributed by atoms with Crippen molar-refractivity contribution in [1.82, 2.24) is 0 Å². The summed E-state index contributed by atoms with van der Waals surface area (Å²) in [6.45, 7) is 0. The van der Waals surface area contributed by atoms with Crippen LogP contribution in [0.1, 0.15) is 57.8 Å². The summed E-state index contributed by atoms with van der Waals surface area (Å²) in [6, 6.07) is 6.34. The van der Waals surface area contributed by atoms with Crippen LogP contribution in [0, 0.1) is 39.9 Å². The molecule has 0 heterocycles. The van der Waals surface area contributed by atoms with Gasteiger partial charge >= 0.3 is 0 Å². The van der Waals surface area contributed by atoms with Crippen LogP contribution < -0.4 is 0 Å². The van der Waals surface area contributed by atoms with Crippen molar-refractivity contribution in [2.45, 2.75) is 57.8 Å². The van der Waals surface area contributed by atoms with E-state index in [2.05, 4.69) is 12.1 Å². The summed E-state index contributed by atoms with van der Waals surface area (Å²) in [6.07, 6.45) is 8.54. The van der Waals surface area contributed by atoms with Gasteiger partial charge in [-0.15, -0.1) is 0 Å². The SMILES string of the molecule is N#CCCCCCCCCC(C#N)CC#N. The standard InChI is InChI=1S/C13H19N3/c14-10-7-5-3-1-2-4-6-8-13(12-16)9-11-15/h13H,1-9H2. The lowest BCUT2D eigenvalue weighted by Crippen LogP contribution is -1.95. The molecule has 0 aliphatic rings. The lowest BCUT2D eigenvalue weighted by atomic mass is 9.99. The van der Waals surface area contributed by atoms with Gasteiger partial charge in [0.1, 0.15) is 0 Å². The highest BCUT2D eigenvalue weighted by Gasteiger charge is 2.05. The molecule has 1 atom stereocenters. The lowest BCUT2D eigenvalue weighted by molar-refractivity contribution is 0.529. The highest BCUT2D eigenvalue weighted by atomic mass is 14.3. The van der Waals surface area contributed by atoms with Crippen molar-refractivity contribution >= 4 is 0 Å². The zero-order valence-electron chi connectivity index (χ0n) is 9.78. The molecule has 0 aromatic carbocycles. The van der Waals surface area contributed by atoms with Gasteiger partial charge in [-0.1, -0.05) is 32.1 Å². The van der Waals surface area contributed by atoms with Crippen LogP contribution >= 0.6 is 0 Å². The largest absolute Gasteiger partial charge is 0.198 e. The summed E-state index contributed by atoms with van der Waals surface area (Å²) < 4.78 is 0. The minimum absolute atomic E-state index is 0.0800. The highest BCUT2D eigenvalue weighted by molar-refractivity contribution is 4.89. The fraction of sp³-hybridized carbons (Fsp3) is 0.769. The van der Waals surface area contributed by atoms with Gasteiger partial charge in [0.25, 0.3) is 0 Å². The number of nitrogens with zero attached hydrogens (tertiary/aromatic N) is 3. The molecular formula is C13H19N3. The fourth-order valence-electron chi connectivity index (χ4n) is 1.62. The first kappa shape index (κ1) is 14.5. The summed E-state index contributed by atoms with van der Waals surface area (Å²) in [5.74, 6) is -0.0800. The zero-order valence-corrected chi connectivity index (χ0v) is 9.78. The van der Waals surface area contributed by atoms with E-state index in [1.54, 1.807) is 0 Å². The quantitative estimate of drug-likeness (QED) is 0.553. The van der Waals surface area contributed by atoms with Crippen molar-refractivity contribution in [2.24, 2.45) is 5.92 Å². The Balaban J connectivity index is 3.24. The van der Waals surface area contributed by atoms with Crippen LogP contribution in [0.3, 0.4) is 0 Å². The number of unbranched alkanes of at least 4 members (excludes halogenated alkanes) is 6. The maximum atomic E-state index is 8.73. The molecule has 0 saturated carbocycles. The van der Waals surface area contributed by atoms with Crippen molar-refractivity contribution in [3.63, 3.8) is 0 Å². The number of nitriles is 3. The number of rotatable bonds is 9. The highest BCUT2D eigenvalue weighted by Crippen LogP contribution is 2.14. The molecule has 0 aromatic heterocycles. The van der Waals surface area contributed by atoms with E-state index in [0.717, 1.165) is 32.1 Å². The van der Waals surface area contributed by atoms with Crippen LogP contribution in [0.4, 0.5) is 0 Å². The summed E-state index contributed by atoms with van der Waals surface area (Å²) in [7, 11) is 0. The van der Waals surface area contributed by atoms with Crippen LogP contribution in [0.25, 0.3) is 0 Å². The molecule has 0 radical (unpaired) electrons. The second-order valence-electron chi connectivity index (χ2n) is 4.01. The third kappa shape index (κ3) is 9.04. The minimum atomic E-state index is -0.0800. The first-order chi connectivity index (χ1) is 7.85. The van der Waals surface area contributed by atoms with Crippen LogP contribution in [-0.2, 0) is 0 Å². The Morgan fingerprint density at radius 1 is 0.750 bits per heavy atom. The Hall–Kier alpha value is -1.53. The Morgan fingerprint density at radius 2 is 1.38 bits per heavy atom. The first-order valence-electron chi connectivity index (χ1n) is 5.98. The average molecular weight is 217 g/mol. The predicted molar refractivity (Wildman–Crippen MR) is 61.9 cm³/mol. The first-order valence-corrected chi connectivity index (χ1v) is 5.98. The van der Waals surface area contributed by atoms with Gasteiger partial charge in [0, 0.05) is 6.42 Å². The molecule has 1 unspecified atom stereocenters. The van der Waals surface area contributed by atoms with Gasteiger partial charge in [-0.25, -0.2) is 0 Å². The molecule has 0 fully saturated rings. The van der Waals surface area contributed by atoms with Gasteiger partial charge in [-0.3, -0.25) is 0 Å². The molecule has 0 saturated heterocycles. The Labute approximate surface area is 98.3 Å². The van der Waals surface area contributed by atoms with E-state index in [9.17, 15) is 0 Å². The van der Waals surface area contributed by atoms with Gasteiger partial charge in [-0.05, 0) is 12.8 Å². The molecule has 0 rings (SSSR count). The third-order valence-corrected chi connectivity index (χ3v) is 2.61. The van der Waals surface area contributed by atoms with Crippen LogP contribution in [0.15, 0.2) is 0 Å². The molecule has 0 aromatic rings. The molecule has 86 valence electrons. The van der Waals surface area contributed by atoms with Gasteiger partial charge < -0.3 is 0 Å².